The third kappa shape index (κ3) is 7.68. The summed E-state index contributed by atoms with van der Waals surface area (Å²) in [4.78, 5) is 20.2. The average Bonchev–Trinajstić information content (AvgIpc) is 3.04. The Morgan fingerprint density at radius 3 is 2.59 bits per heavy atom. The fourth-order valence-corrected chi connectivity index (χ4v) is 3.73. The standard InChI is InChI=1S/C21H32N4O3S/c1-4-6-7-8-9-10-11-12-13-14-28-21-19-18(24-25(21)3)20(23-16-22-19)29-15-17(26)27-5-2/h4,16H,1,5-15H2,2-3H3. The molecule has 0 unspecified atom stereocenters. The van der Waals surface area contributed by atoms with Gasteiger partial charge in [-0.1, -0.05) is 49.9 Å². The lowest BCUT2D eigenvalue weighted by Crippen LogP contribution is -2.06. The fourth-order valence-electron chi connectivity index (χ4n) is 3.00. The van der Waals surface area contributed by atoms with Gasteiger partial charge in [-0.15, -0.1) is 6.58 Å². The number of esters is 1. The molecule has 0 aromatic carbocycles. The second-order valence-corrected chi connectivity index (χ2v) is 7.76. The number of hydrogen-bond donors (Lipinski definition) is 0. The molecule has 8 heteroatoms. The summed E-state index contributed by atoms with van der Waals surface area (Å²) in [6.45, 7) is 6.55. The van der Waals surface area contributed by atoms with Crippen molar-refractivity contribution < 1.29 is 14.3 Å². The summed E-state index contributed by atoms with van der Waals surface area (Å²) < 4.78 is 12.6. The maximum absolute atomic E-state index is 11.6. The van der Waals surface area contributed by atoms with Crippen LogP contribution >= 0.6 is 11.8 Å². The van der Waals surface area contributed by atoms with E-state index in [0.29, 0.717) is 35.2 Å². The van der Waals surface area contributed by atoms with Crippen molar-refractivity contribution in [1.29, 1.82) is 0 Å². The molecule has 0 saturated carbocycles. The maximum atomic E-state index is 11.6. The molecule has 160 valence electrons. The van der Waals surface area contributed by atoms with E-state index in [4.69, 9.17) is 9.47 Å². The molecule has 2 aromatic heterocycles. The van der Waals surface area contributed by atoms with E-state index in [1.54, 1.807) is 11.6 Å². The van der Waals surface area contributed by atoms with Crippen molar-refractivity contribution in [3.63, 3.8) is 0 Å². The van der Waals surface area contributed by atoms with Crippen LogP contribution in [0.3, 0.4) is 0 Å². The van der Waals surface area contributed by atoms with Gasteiger partial charge in [-0.25, -0.2) is 14.6 Å². The molecule has 0 aliphatic carbocycles. The van der Waals surface area contributed by atoms with Crippen LogP contribution in [-0.4, -0.2) is 44.7 Å². The van der Waals surface area contributed by atoms with Gasteiger partial charge in [0.2, 0.25) is 5.88 Å². The van der Waals surface area contributed by atoms with E-state index in [1.165, 1.54) is 50.2 Å². The zero-order chi connectivity index (χ0) is 20.9. The minimum atomic E-state index is -0.266. The molecule has 0 bridgehead atoms. The lowest BCUT2D eigenvalue weighted by Gasteiger charge is -2.06. The molecule has 0 N–H and O–H groups in total. The molecule has 0 saturated heterocycles. The second kappa shape index (κ2) is 13.2. The van der Waals surface area contributed by atoms with Crippen LogP contribution in [0.2, 0.25) is 0 Å². The van der Waals surface area contributed by atoms with Gasteiger partial charge >= 0.3 is 5.97 Å². The molecule has 0 aliphatic rings. The summed E-state index contributed by atoms with van der Waals surface area (Å²) in [6, 6.07) is 0. The second-order valence-electron chi connectivity index (χ2n) is 6.80. The van der Waals surface area contributed by atoms with Crippen molar-refractivity contribution in [3.05, 3.63) is 19.0 Å². The predicted molar refractivity (Wildman–Crippen MR) is 116 cm³/mol. The summed E-state index contributed by atoms with van der Waals surface area (Å²) in [5, 5.41) is 5.14. The number of ether oxygens (including phenoxy) is 2. The minimum Gasteiger partial charge on any atom is -0.476 e. The van der Waals surface area contributed by atoms with Crippen LogP contribution < -0.4 is 4.74 Å². The van der Waals surface area contributed by atoms with E-state index >= 15 is 0 Å². The van der Waals surface area contributed by atoms with Crippen molar-refractivity contribution >= 4 is 28.8 Å². The summed E-state index contributed by atoms with van der Waals surface area (Å²) >= 11 is 1.30. The highest BCUT2D eigenvalue weighted by molar-refractivity contribution is 8.00. The molecule has 0 aliphatic heterocycles. The first-order valence-corrected chi connectivity index (χ1v) is 11.4. The number of allylic oxidation sites excluding steroid dienone is 1. The number of hydrogen-bond acceptors (Lipinski definition) is 7. The van der Waals surface area contributed by atoms with Gasteiger partial charge < -0.3 is 9.47 Å². The number of thioether (sulfide) groups is 1. The van der Waals surface area contributed by atoms with Gasteiger partial charge in [-0.2, -0.15) is 5.10 Å². The molecule has 2 rings (SSSR count). The first kappa shape index (κ1) is 23.2. The number of nitrogens with zero attached hydrogens (tertiary/aromatic N) is 4. The summed E-state index contributed by atoms with van der Waals surface area (Å²) in [5.41, 5.74) is 1.33. The van der Waals surface area contributed by atoms with Crippen LogP contribution in [0.15, 0.2) is 24.0 Å². The Balaban J connectivity index is 1.79. The Hall–Kier alpha value is -2.09. The molecule has 29 heavy (non-hydrogen) atoms. The van der Waals surface area contributed by atoms with E-state index in [1.807, 2.05) is 13.1 Å². The Kier molecular flexibility index (Phi) is 10.5. The van der Waals surface area contributed by atoms with Crippen molar-refractivity contribution in [2.75, 3.05) is 19.0 Å². The SMILES string of the molecule is C=CCCCCCCCCCOc1c2ncnc(SCC(=O)OCC)c2nn1C. The molecule has 0 amide bonds. The third-order valence-corrected chi connectivity index (χ3v) is 5.41. The molecule has 0 spiro atoms. The van der Waals surface area contributed by atoms with Crippen LogP contribution in [0.4, 0.5) is 0 Å². The van der Waals surface area contributed by atoms with Crippen molar-refractivity contribution in [2.45, 2.75) is 63.3 Å². The molecule has 2 heterocycles. The quantitative estimate of drug-likeness (QED) is 0.136. The van der Waals surface area contributed by atoms with Gasteiger partial charge in [-0.3, -0.25) is 4.79 Å². The van der Waals surface area contributed by atoms with Crippen molar-refractivity contribution in [1.82, 2.24) is 19.7 Å². The highest BCUT2D eigenvalue weighted by atomic mass is 32.2. The lowest BCUT2D eigenvalue weighted by atomic mass is 10.1. The fraction of sp³-hybridized carbons (Fsp3) is 0.619. The van der Waals surface area contributed by atoms with E-state index in [2.05, 4.69) is 21.6 Å². The van der Waals surface area contributed by atoms with E-state index < -0.39 is 0 Å². The van der Waals surface area contributed by atoms with Crippen molar-refractivity contribution in [2.24, 2.45) is 7.05 Å². The van der Waals surface area contributed by atoms with Crippen LogP contribution in [0.1, 0.15) is 58.3 Å². The molecule has 7 nitrogen and oxygen atoms in total. The predicted octanol–water partition coefficient (Wildman–Crippen LogP) is 4.70. The first-order chi connectivity index (χ1) is 14.2. The van der Waals surface area contributed by atoms with E-state index in [-0.39, 0.29) is 11.7 Å². The zero-order valence-electron chi connectivity index (χ0n) is 17.6. The number of carbonyl (C=O) groups is 1. The van der Waals surface area contributed by atoms with Gasteiger partial charge in [0, 0.05) is 7.05 Å². The number of carbonyl (C=O) groups excluding carboxylic acids is 1. The van der Waals surface area contributed by atoms with E-state index in [9.17, 15) is 4.79 Å². The average molecular weight is 421 g/mol. The normalized spacial score (nSPS) is 11.0. The molecule has 0 fully saturated rings. The van der Waals surface area contributed by atoms with Crippen LogP contribution in [0.25, 0.3) is 11.0 Å². The molecule has 0 atom stereocenters. The highest BCUT2D eigenvalue weighted by Crippen LogP contribution is 2.29. The number of aromatic nitrogens is 4. The minimum absolute atomic E-state index is 0.195. The van der Waals surface area contributed by atoms with Gasteiger partial charge in [0.25, 0.3) is 0 Å². The van der Waals surface area contributed by atoms with Crippen LogP contribution in [-0.2, 0) is 16.6 Å². The molecular weight excluding hydrogens is 388 g/mol. The summed E-state index contributed by atoms with van der Waals surface area (Å²) in [5.74, 6) is 0.572. The smallest absolute Gasteiger partial charge is 0.316 e. The number of fused-ring (bicyclic) bond motifs is 1. The van der Waals surface area contributed by atoms with Gasteiger partial charge in [0.15, 0.2) is 5.52 Å². The van der Waals surface area contributed by atoms with Crippen LogP contribution in [0, 0.1) is 0 Å². The van der Waals surface area contributed by atoms with E-state index in [0.717, 1.165) is 19.3 Å². The Morgan fingerprint density at radius 2 is 1.86 bits per heavy atom. The number of aryl methyl sites for hydroxylation is 1. The van der Waals surface area contributed by atoms with Gasteiger partial charge in [0.05, 0.1) is 19.0 Å². The topological polar surface area (TPSA) is 79.1 Å². The van der Waals surface area contributed by atoms with Gasteiger partial charge in [0.1, 0.15) is 16.9 Å². The summed E-state index contributed by atoms with van der Waals surface area (Å²) in [7, 11) is 1.83. The molecule has 2 aromatic rings. The number of unbranched alkanes of at least 4 members (excludes halogenated alkanes) is 7. The van der Waals surface area contributed by atoms with Crippen LogP contribution in [0.5, 0.6) is 5.88 Å². The Labute approximate surface area is 177 Å². The molecular formula is C21H32N4O3S. The lowest BCUT2D eigenvalue weighted by molar-refractivity contribution is -0.139. The zero-order valence-corrected chi connectivity index (χ0v) is 18.4. The first-order valence-electron chi connectivity index (χ1n) is 10.4. The number of rotatable bonds is 15. The highest BCUT2D eigenvalue weighted by Gasteiger charge is 2.17. The Bertz CT molecular complexity index is 779. The van der Waals surface area contributed by atoms with Gasteiger partial charge in [-0.05, 0) is 26.2 Å². The monoisotopic (exact) mass is 420 g/mol. The third-order valence-electron chi connectivity index (χ3n) is 4.46. The summed E-state index contributed by atoms with van der Waals surface area (Å²) in [6.07, 6.45) is 13.1. The Morgan fingerprint density at radius 1 is 1.14 bits per heavy atom. The maximum Gasteiger partial charge on any atom is 0.316 e. The largest absolute Gasteiger partial charge is 0.476 e. The van der Waals surface area contributed by atoms with Crippen molar-refractivity contribution in [3.8, 4) is 5.88 Å². The molecule has 0 radical (unpaired) electrons.